The molecule has 1 heterocycles. The molecular weight excluding hydrogens is 381 g/mol. The number of carbonyl (C=O) groups is 2. The van der Waals surface area contributed by atoms with E-state index in [0.29, 0.717) is 6.42 Å². The van der Waals surface area contributed by atoms with Crippen molar-refractivity contribution in [3.05, 3.63) is 56.2 Å². The van der Waals surface area contributed by atoms with Crippen LogP contribution in [0, 0.1) is 5.82 Å². The lowest BCUT2D eigenvalue weighted by atomic mass is 10.1. The number of nitrogens with one attached hydrogen (secondary N) is 1. The summed E-state index contributed by atoms with van der Waals surface area (Å²) in [6.07, 6.45) is 0.818. The quantitative estimate of drug-likeness (QED) is 0.651. The summed E-state index contributed by atoms with van der Waals surface area (Å²) in [6.45, 7) is 0.784. The third kappa shape index (κ3) is 4.82. The number of hydrogen-bond acceptors (Lipinski definition) is 5. The minimum Gasteiger partial charge on any atom is -0.505 e. The van der Waals surface area contributed by atoms with Gasteiger partial charge < -0.3 is 15.5 Å². The van der Waals surface area contributed by atoms with Gasteiger partial charge in [-0.2, -0.15) is 5.10 Å². The Kier molecular flexibility index (Phi) is 6.51. The van der Waals surface area contributed by atoms with Gasteiger partial charge in [0.25, 0.3) is 11.5 Å². The molecular formula is C17H17ClFN3O5. The van der Waals surface area contributed by atoms with E-state index in [1.54, 1.807) is 6.92 Å². The summed E-state index contributed by atoms with van der Waals surface area (Å²) < 4.78 is 14.9. The highest BCUT2D eigenvalue weighted by molar-refractivity contribution is 6.30. The van der Waals surface area contributed by atoms with Gasteiger partial charge in [-0.25, -0.2) is 9.07 Å². The number of carboxylic acids is 1. The first-order valence-corrected chi connectivity index (χ1v) is 8.39. The fraction of sp³-hybridized carbons (Fsp3) is 0.294. The predicted octanol–water partition coefficient (Wildman–Crippen LogP) is 1.56. The van der Waals surface area contributed by atoms with Crippen LogP contribution in [0.15, 0.2) is 23.0 Å². The average Bonchev–Trinajstić information content (AvgIpc) is 2.59. The van der Waals surface area contributed by atoms with Crippen LogP contribution < -0.4 is 10.9 Å². The number of benzene rings is 1. The van der Waals surface area contributed by atoms with Crippen molar-refractivity contribution in [3.63, 3.8) is 0 Å². The van der Waals surface area contributed by atoms with Gasteiger partial charge in [0.2, 0.25) is 0 Å². The van der Waals surface area contributed by atoms with E-state index in [0.717, 1.165) is 10.7 Å². The third-order valence-corrected chi connectivity index (χ3v) is 3.88. The first-order chi connectivity index (χ1) is 12.7. The Morgan fingerprint density at radius 1 is 1.37 bits per heavy atom. The number of carboxylic acid groups (broad SMARTS) is 1. The molecule has 0 saturated heterocycles. The van der Waals surface area contributed by atoms with Gasteiger partial charge in [-0.05, 0) is 18.6 Å². The van der Waals surface area contributed by atoms with Crippen molar-refractivity contribution in [2.24, 2.45) is 0 Å². The van der Waals surface area contributed by atoms with Gasteiger partial charge >= 0.3 is 5.97 Å². The molecule has 1 aromatic carbocycles. The molecule has 2 aromatic rings. The molecule has 2 rings (SSSR count). The lowest BCUT2D eigenvalue weighted by Crippen LogP contribution is -2.37. The molecule has 144 valence electrons. The van der Waals surface area contributed by atoms with Crippen LogP contribution in [0.1, 0.15) is 35.0 Å². The SMILES string of the molecule is CCCc1nn(Cc2ccc(Cl)cc2F)c(=O)c(C(=O)NCC(=O)O)c1O. The molecule has 1 amide bonds. The molecule has 0 unspecified atom stereocenters. The van der Waals surface area contributed by atoms with Crippen LogP contribution in [0.2, 0.25) is 5.02 Å². The lowest BCUT2D eigenvalue weighted by Gasteiger charge is -2.13. The van der Waals surface area contributed by atoms with E-state index < -0.39 is 41.1 Å². The zero-order chi connectivity index (χ0) is 20.1. The number of aryl methyl sites for hydroxylation is 1. The van der Waals surface area contributed by atoms with Gasteiger partial charge in [-0.3, -0.25) is 14.4 Å². The Balaban J connectivity index is 2.52. The Labute approximate surface area is 158 Å². The van der Waals surface area contributed by atoms with Crippen molar-refractivity contribution in [1.29, 1.82) is 0 Å². The number of rotatable bonds is 7. The Hall–Kier alpha value is -2.94. The van der Waals surface area contributed by atoms with E-state index in [1.807, 2.05) is 5.32 Å². The van der Waals surface area contributed by atoms with Crippen molar-refractivity contribution in [3.8, 4) is 5.75 Å². The van der Waals surface area contributed by atoms with Gasteiger partial charge in [0.05, 0.1) is 6.54 Å². The van der Waals surface area contributed by atoms with E-state index in [1.165, 1.54) is 12.1 Å². The molecule has 0 aliphatic heterocycles. The highest BCUT2D eigenvalue weighted by atomic mass is 35.5. The molecule has 0 spiro atoms. The van der Waals surface area contributed by atoms with E-state index >= 15 is 0 Å². The Morgan fingerprint density at radius 3 is 2.67 bits per heavy atom. The van der Waals surface area contributed by atoms with Crippen LogP contribution in [0.25, 0.3) is 0 Å². The number of halogens is 2. The normalized spacial score (nSPS) is 10.6. The van der Waals surface area contributed by atoms with Crippen molar-refractivity contribution in [1.82, 2.24) is 15.1 Å². The second-order valence-corrected chi connectivity index (χ2v) is 6.13. The number of aromatic nitrogens is 2. The molecule has 0 atom stereocenters. The number of hydrogen-bond donors (Lipinski definition) is 3. The zero-order valence-corrected chi connectivity index (χ0v) is 15.1. The van der Waals surface area contributed by atoms with Crippen molar-refractivity contribution < 1.29 is 24.2 Å². The maximum atomic E-state index is 14.0. The third-order valence-electron chi connectivity index (χ3n) is 3.65. The topological polar surface area (TPSA) is 122 Å². The average molecular weight is 398 g/mol. The molecule has 0 fully saturated rings. The largest absolute Gasteiger partial charge is 0.505 e. The van der Waals surface area contributed by atoms with Gasteiger partial charge in [-0.1, -0.05) is 31.0 Å². The molecule has 1 aromatic heterocycles. The standard InChI is InChI=1S/C17H17ClFN3O5/c1-2-3-12-15(25)14(16(26)20-7-13(23)24)17(27)22(21-12)8-9-4-5-10(18)6-11(9)19/h4-6,25H,2-3,7-8H2,1H3,(H,20,26)(H,23,24). The maximum Gasteiger partial charge on any atom is 0.322 e. The summed E-state index contributed by atoms with van der Waals surface area (Å²) in [6, 6.07) is 3.90. The second-order valence-electron chi connectivity index (χ2n) is 5.70. The van der Waals surface area contributed by atoms with E-state index in [4.69, 9.17) is 16.7 Å². The van der Waals surface area contributed by atoms with Crippen LogP contribution in [0.3, 0.4) is 0 Å². The highest BCUT2D eigenvalue weighted by Crippen LogP contribution is 2.20. The van der Waals surface area contributed by atoms with Gasteiger partial charge in [0.15, 0.2) is 5.75 Å². The summed E-state index contributed by atoms with van der Waals surface area (Å²) in [4.78, 5) is 35.4. The summed E-state index contributed by atoms with van der Waals surface area (Å²) in [5, 5.41) is 25.1. The monoisotopic (exact) mass is 397 g/mol. The molecule has 0 saturated carbocycles. The number of amides is 1. The van der Waals surface area contributed by atoms with Crippen LogP contribution >= 0.6 is 11.6 Å². The van der Waals surface area contributed by atoms with Crippen LogP contribution in [0.5, 0.6) is 5.75 Å². The first kappa shape index (κ1) is 20.4. The summed E-state index contributed by atoms with van der Waals surface area (Å²) >= 11 is 5.71. The molecule has 27 heavy (non-hydrogen) atoms. The number of carbonyl (C=O) groups excluding carboxylic acids is 1. The summed E-state index contributed by atoms with van der Waals surface area (Å²) in [5.74, 6) is -3.63. The van der Waals surface area contributed by atoms with Crippen molar-refractivity contribution in [2.45, 2.75) is 26.3 Å². The lowest BCUT2D eigenvalue weighted by molar-refractivity contribution is -0.135. The number of aromatic hydroxyl groups is 1. The number of nitrogens with zero attached hydrogens (tertiary/aromatic N) is 2. The highest BCUT2D eigenvalue weighted by Gasteiger charge is 2.23. The molecule has 0 aliphatic rings. The Morgan fingerprint density at radius 2 is 2.07 bits per heavy atom. The van der Waals surface area contributed by atoms with Gasteiger partial charge in [-0.15, -0.1) is 0 Å². The minimum absolute atomic E-state index is 0.0759. The van der Waals surface area contributed by atoms with E-state index in [9.17, 15) is 23.9 Å². The fourth-order valence-corrected chi connectivity index (χ4v) is 2.54. The van der Waals surface area contributed by atoms with Crippen LogP contribution in [-0.4, -0.2) is 38.4 Å². The molecule has 3 N–H and O–H groups in total. The molecule has 0 radical (unpaired) electrons. The zero-order valence-electron chi connectivity index (χ0n) is 14.3. The van der Waals surface area contributed by atoms with Gasteiger partial charge in [0.1, 0.15) is 23.6 Å². The Bertz CT molecular complexity index is 945. The van der Waals surface area contributed by atoms with E-state index in [-0.39, 0.29) is 29.2 Å². The first-order valence-electron chi connectivity index (χ1n) is 8.01. The molecule has 0 aliphatic carbocycles. The maximum absolute atomic E-state index is 14.0. The molecule has 8 nitrogen and oxygen atoms in total. The van der Waals surface area contributed by atoms with Crippen molar-refractivity contribution in [2.75, 3.05) is 6.54 Å². The predicted molar refractivity (Wildman–Crippen MR) is 94.6 cm³/mol. The van der Waals surface area contributed by atoms with E-state index in [2.05, 4.69) is 5.10 Å². The molecule has 10 heteroatoms. The molecule has 0 bridgehead atoms. The van der Waals surface area contributed by atoms with Crippen LogP contribution in [0.4, 0.5) is 4.39 Å². The smallest absolute Gasteiger partial charge is 0.322 e. The van der Waals surface area contributed by atoms with Crippen molar-refractivity contribution >= 4 is 23.5 Å². The number of aliphatic carboxylic acids is 1. The fourth-order valence-electron chi connectivity index (χ4n) is 2.39. The minimum atomic E-state index is -1.31. The second kappa shape index (κ2) is 8.63. The van der Waals surface area contributed by atoms with Crippen LogP contribution in [-0.2, 0) is 17.8 Å². The summed E-state index contributed by atoms with van der Waals surface area (Å²) in [7, 11) is 0. The van der Waals surface area contributed by atoms with Gasteiger partial charge in [0, 0.05) is 10.6 Å². The summed E-state index contributed by atoms with van der Waals surface area (Å²) in [5.41, 5.74) is -1.42.